The molecule has 4 aromatic heterocycles. The molecule has 10 nitrogen and oxygen atoms in total. The Morgan fingerprint density at radius 3 is 0.817 bits per heavy atom. The molecule has 20 rings (SSSR count). The van der Waals surface area contributed by atoms with Crippen molar-refractivity contribution in [1.29, 1.82) is 0 Å². The van der Waals surface area contributed by atoms with Gasteiger partial charge in [-0.15, -0.1) is 0 Å². The van der Waals surface area contributed by atoms with Gasteiger partial charge in [0.1, 0.15) is 12.7 Å². The van der Waals surface area contributed by atoms with Crippen LogP contribution in [0.3, 0.4) is 0 Å². The summed E-state index contributed by atoms with van der Waals surface area (Å²) in [4.78, 5) is 47.9. The Morgan fingerprint density at radius 2 is 0.452 bits per heavy atom. The summed E-state index contributed by atoms with van der Waals surface area (Å²) >= 11 is 0. The predicted molar refractivity (Wildman–Crippen MR) is 425 cm³/mol. The standard InChI is InChI=1S/2C47H29N5/c1-3-13-30(14-4-1)45-50-46(31-15-5-2-6-16-31)52-47(51-45)34-24-32(35-27-48-29-49-28-35)23-33(25-34)42-26-43-38-19-8-7-17-36(38)37-18-9-11-21-40(37)44(43)41-22-12-10-20-39(41)42;1-3-13-30(14-4-1)45-50-46(31-15-5-2-6-16-31)52-47(51-45)34-26-32(25-33(27-34)43-23-24-48-29-49-43)41-28-42-37-19-8-7-17-35(37)36-18-9-11-21-39(36)44(42)40-22-12-10-20-38(40)41/h2*1-29H. The molecular formula is C94H58N10. The maximum atomic E-state index is 5.10. The molecule has 20 aromatic rings. The largest absolute Gasteiger partial charge is 0.245 e. The van der Waals surface area contributed by atoms with E-state index >= 15 is 0 Å². The van der Waals surface area contributed by atoms with Gasteiger partial charge in [-0.2, -0.15) is 0 Å². The lowest BCUT2D eigenvalue weighted by atomic mass is 9.86. The van der Waals surface area contributed by atoms with Gasteiger partial charge in [0.05, 0.1) is 5.69 Å². The average molecular weight is 1330 g/mol. The Labute approximate surface area is 598 Å². The van der Waals surface area contributed by atoms with Crippen LogP contribution in [-0.2, 0) is 0 Å². The molecule has 0 unspecified atom stereocenters. The Balaban J connectivity index is 0.000000143. The number of nitrogens with zero attached hydrogens (tertiary/aromatic N) is 10. The molecule has 0 amide bonds. The lowest BCUT2D eigenvalue weighted by Crippen LogP contribution is -2.00. The first-order chi connectivity index (χ1) is 51.6. The van der Waals surface area contributed by atoms with E-state index in [1.165, 1.54) is 86.2 Å². The maximum Gasteiger partial charge on any atom is 0.164 e. The summed E-state index contributed by atoms with van der Waals surface area (Å²) in [5, 5.41) is 19.7. The van der Waals surface area contributed by atoms with Crippen molar-refractivity contribution in [2.75, 3.05) is 0 Å². The second-order valence-electron chi connectivity index (χ2n) is 25.9. The third-order valence-corrected chi connectivity index (χ3v) is 19.7. The highest BCUT2D eigenvalue weighted by Crippen LogP contribution is 2.47. The van der Waals surface area contributed by atoms with Crippen LogP contribution in [0.4, 0.5) is 0 Å². The first kappa shape index (κ1) is 60.9. The molecule has 0 N–H and O–H groups in total. The SMILES string of the molecule is c1ccc(-c2nc(-c3ccccc3)nc(-c3cc(-c4ccncn4)cc(-c4cc5c6ccccc6c6ccccc6c5c5ccccc45)c3)n2)cc1.c1ccc(-c2nc(-c3ccccc3)nc(-c3cc(-c4cncnc4)cc(-c4cc5c6ccccc6c6ccccc6c5c5ccccc45)c3)n2)cc1. The zero-order valence-electron chi connectivity index (χ0n) is 56.0. The molecule has 484 valence electrons. The van der Waals surface area contributed by atoms with Crippen LogP contribution in [0.1, 0.15) is 0 Å². The fourth-order valence-corrected chi connectivity index (χ4v) is 14.9. The second kappa shape index (κ2) is 26.1. The van der Waals surface area contributed by atoms with E-state index < -0.39 is 0 Å². The summed E-state index contributed by atoms with van der Waals surface area (Å²) in [6, 6.07) is 113. The van der Waals surface area contributed by atoms with Crippen molar-refractivity contribution < 1.29 is 0 Å². The minimum atomic E-state index is 0.589. The van der Waals surface area contributed by atoms with Gasteiger partial charge >= 0.3 is 0 Å². The van der Waals surface area contributed by atoms with E-state index in [1.54, 1.807) is 18.9 Å². The highest BCUT2D eigenvalue weighted by Gasteiger charge is 2.22. The summed E-state index contributed by atoms with van der Waals surface area (Å²) in [5.74, 6) is 3.66. The number of hydrogen-bond donors (Lipinski definition) is 0. The average Bonchev–Trinajstić information content (AvgIpc) is 0.725. The highest BCUT2D eigenvalue weighted by molar-refractivity contribution is 6.34. The van der Waals surface area contributed by atoms with Crippen molar-refractivity contribution in [3.8, 4) is 113 Å². The van der Waals surface area contributed by atoms with E-state index in [0.29, 0.717) is 34.9 Å². The van der Waals surface area contributed by atoms with E-state index in [4.69, 9.17) is 29.9 Å². The van der Waals surface area contributed by atoms with Crippen LogP contribution in [0.25, 0.3) is 199 Å². The summed E-state index contributed by atoms with van der Waals surface area (Å²) in [6.45, 7) is 0. The molecule has 0 bridgehead atoms. The van der Waals surface area contributed by atoms with Gasteiger partial charge in [-0.25, -0.2) is 49.8 Å². The van der Waals surface area contributed by atoms with Crippen molar-refractivity contribution in [2.24, 2.45) is 0 Å². The Hall–Kier alpha value is -14.2. The number of rotatable bonds is 10. The Kier molecular flexibility index (Phi) is 15.3. The molecule has 0 saturated carbocycles. The number of fused-ring (bicyclic) bond motifs is 16. The van der Waals surface area contributed by atoms with Gasteiger partial charge in [0.2, 0.25) is 0 Å². The quantitative estimate of drug-likeness (QED) is 0.122. The molecule has 0 aliphatic heterocycles. The lowest BCUT2D eigenvalue weighted by molar-refractivity contribution is 1.07. The van der Waals surface area contributed by atoms with Crippen molar-refractivity contribution in [1.82, 2.24) is 49.8 Å². The second-order valence-corrected chi connectivity index (χ2v) is 25.9. The van der Waals surface area contributed by atoms with Crippen molar-refractivity contribution in [2.45, 2.75) is 0 Å². The van der Waals surface area contributed by atoms with Crippen LogP contribution < -0.4 is 0 Å². The summed E-state index contributed by atoms with van der Waals surface area (Å²) < 4.78 is 0. The summed E-state index contributed by atoms with van der Waals surface area (Å²) in [7, 11) is 0. The Morgan fingerprint density at radius 1 is 0.173 bits per heavy atom. The first-order valence-electron chi connectivity index (χ1n) is 34.6. The van der Waals surface area contributed by atoms with E-state index in [0.717, 1.165) is 78.0 Å². The van der Waals surface area contributed by atoms with Crippen LogP contribution >= 0.6 is 0 Å². The van der Waals surface area contributed by atoms with Gasteiger partial charge in [-0.1, -0.05) is 267 Å². The molecule has 0 spiro atoms. The van der Waals surface area contributed by atoms with E-state index in [2.05, 4.69) is 214 Å². The van der Waals surface area contributed by atoms with Gasteiger partial charge < -0.3 is 0 Å². The number of benzene rings is 16. The molecule has 0 atom stereocenters. The van der Waals surface area contributed by atoms with E-state index in [1.807, 2.05) is 140 Å². The maximum absolute atomic E-state index is 5.10. The molecule has 16 aromatic carbocycles. The smallest absolute Gasteiger partial charge is 0.164 e. The molecule has 0 saturated heterocycles. The minimum Gasteiger partial charge on any atom is -0.245 e. The van der Waals surface area contributed by atoms with Gasteiger partial charge in [-0.3, -0.25) is 0 Å². The molecule has 0 aliphatic rings. The van der Waals surface area contributed by atoms with Crippen molar-refractivity contribution in [3.05, 3.63) is 353 Å². The lowest BCUT2D eigenvalue weighted by Gasteiger charge is -2.17. The van der Waals surface area contributed by atoms with Gasteiger partial charge in [0.15, 0.2) is 34.9 Å². The highest BCUT2D eigenvalue weighted by atomic mass is 15.0. The number of aromatic nitrogens is 10. The predicted octanol–water partition coefficient (Wildman–Crippen LogP) is 23.2. The molecule has 10 heteroatoms. The molecule has 104 heavy (non-hydrogen) atoms. The van der Waals surface area contributed by atoms with Gasteiger partial charge in [0, 0.05) is 63.1 Å². The topological polar surface area (TPSA) is 129 Å². The molecular weight excluding hydrogens is 1270 g/mol. The third-order valence-electron chi connectivity index (χ3n) is 19.7. The zero-order valence-corrected chi connectivity index (χ0v) is 56.0. The van der Waals surface area contributed by atoms with Crippen LogP contribution in [0.5, 0.6) is 0 Å². The van der Waals surface area contributed by atoms with Gasteiger partial charge in [-0.05, 0) is 169 Å². The third kappa shape index (κ3) is 11.1. The van der Waals surface area contributed by atoms with Crippen LogP contribution in [0.2, 0.25) is 0 Å². The van der Waals surface area contributed by atoms with Crippen LogP contribution in [0.15, 0.2) is 353 Å². The monoisotopic (exact) mass is 1330 g/mol. The van der Waals surface area contributed by atoms with E-state index in [9.17, 15) is 0 Å². The van der Waals surface area contributed by atoms with E-state index in [-0.39, 0.29) is 0 Å². The van der Waals surface area contributed by atoms with Crippen LogP contribution in [-0.4, -0.2) is 49.8 Å². The minimum absolute atomic E-state index is 0.589. The fraction of sp³-hybridized carbons (Fsp3) is 0. The fourth-order valence-electron chi connectivity index (χ4n) is 14.9. The molecule has 4 heterocycles. The summed E-state index contributed by atoms with van der Waals surface area (Å²) in [6.07, 6.45) is 8.64. The molecule has 0 fully saturated rings. The molecule has 0 radical (unpaired) electrons. The van der Waals surface area contributed by atoms with Gasteiger partial charge in [0.25, 0.3) is 0 Å². The Bertz CT molecular complexity index is 6180. The first-order valence-corrected chi connectivity index (χ1v) is 34.6. The zero-order chi connectivity index (χ0) is 68.9. The van der Waals surface area contributed by atoms with Crippen molar-refractivity contribution >= 4 is 86.2 Å². The van der Waals surface area contributed by atoms with Crippen LogP contribution in [0, 0.1) is 0 Å². The summed E-state index contributed by atoms with van der Waals surface area (Å²) in [5.41, 5.74) is 13.5. The molecule has 0 aliphatic carbocycles. The normalized spacial score (nSPS) is 11.5. The van der Waals surface area contributed by atoms with Crippen molar-refractivity contribution in [3.63, 3.8) is 0 Å². The number of hydrogen-bond acceptors (Lipinski definition) is 10.